The van der Waals surface area contributed by atoms with Crippen molar-refractivity contribution in [3.63, 3.8) is 0 Å². The number of carbonyl (C=O) groups excluding carboxylic acids is 1. The van der Waals surface area contributed by atoms with E-state index in [2.05, 4.69) is 107 Å². The number of likely N-dealkylation sites (tertiary alicyclic amines) is 2. The Balaban J connectivity index is 1.44. The van der Waals surface area contributed by atoms with Gasteiger partial charge in [-0.2, -0.15) is 0 Å². The molecule has 0 amide bonds. The molecule has 204 valence electrons. The van der Waals surface area contributed by atoms with Crippen molar-refractivity contribution in [3.8, 4) is 0 Å². The molecule has 2 heterocycles. The number of carbonyl (C=O) groups is 1. The molecular weight excluding hydrogens is 484 g/mol. The van der Waals surface area contributed by atoms with Gasteiger partial charge in [0.25, 0.3) is 0 Å². The fourth-order valence-corrected chi connectivity index (χ4v) is 6.30. The second kappa shape index (κ2) is 12.7. The second-order valence-electron chi connectivity index (χ2n) is 10.6. The van der Waals surface area contributed by atoms with Gasteiger partial charge in [-0.05, 0) is 61.5 Å². The summed E-state index contributed by atoms with van der Waals surface area (Å²) >= 11 is 0. The van der Waals surface area contributed by atoms with Gasteiger partial charge in [-0.1, -0.05) is 97.1 Å². The minimum atomic E-state index is -0.485. The minimum Gasteiger partial charge on any atom is -0.466 e. The first-order valence-electron chi connectivity index (χ1n) is 14.3. The van der Waals surface area contributed by atoms with Crippen molar-refractivity contribution in [1.82, 2.24) is 9.80 Å². The van der Waals surface area contributed by atoms with E-state index in [-0.39, 0.29) is 11.9 Å². The fourth-order valence-electron chi connectivity index (χ4n) is 6.30. The molecule has 0 aliphatic carbocycles. The molecule has 2 saturated heterocycles. The quantitative estimate of drug-likeness (QED) is 0.248. The van der Waals surface area contributed by atoms with Crippen LogP contribution in [0.2, 0.25) is 0 Å². The molecule has 39 heavy (non-hydrogen) atoms. The monoisotopic (exact) mass is 524 g/mol. The van der Waals surface area contributed by atoms with Gasteiger partial charge in [0.2, 0.25) is 0 Å². The summed E-state index contributed by atoms with van der Waals surface area (Å²) in [7, 11) is 0. The normalized spacial score (nSPS) is 20.7. The van der Waals surface area contributed by atoms with Crippen LogP contribution in [0.5, 0.6) is 0 Å². The number of benzene rings is 3. The molecule has 1 unspecified atom stereocenters. The summed E-state index contributed by atoms with van der Waals surface area (Å²) in [6.07, 6.45) is 4.13. The maximum atomic E-state index is 12.1. The maximum absolute atomic E-state index is 12.1. The van der Waals surface area contributed by atoms with Crippen molar-refractivity contribution in [2.24, 2.45) is 5.92 Å². The molecule has 0 spiro atoms. The molecule has 5 rings (SSSR count). The summed E-state index contributed by atoms with van der Waals surface area (Å²) < 4.78 is 5.23. The van der Waals surface area contributed by atoms with Crippen molar-refractivity contribution < 1.29 is 14.6 Å². The molecule has 0 saturated carbocycles. The lowest BCUT2D eigenvalue weighted by atomic mass is 9.74. The smallest absolute Gasteiger partial charge is 0.309 e. The van der Waals surface area contributed by atoms with Crippen LogP contribution in [0.4, 0.5) is 0 Å². The molecule has 0 aromatic heterocycles. The SMILES string of the molecule is CCOC(=O)C1CCN(C/C=C2\CN(C(c3ccccc3)(c3ccccc3)c3ccccc3)CCC2O)CC1. The van der Waals surface area contributed by atoms with Crippen LogP contribution in [0.25, 0.3) is 0 Å². The third-order valence-corrected chi connectivity index (χ3v) is 8.34. The standard InChI is InChI=1S/C34H40N2O3/c1-2-39-33(38)27-18-22-35(23-19-27)24-20-28-26-36(25-21-32(28)37)34(29-12-6-3-7-13-29,30-14-8-4-9-15-30)31-16-10-5-11-17-31/h3-17,20,27,32,37H,2,18-19,21-26H2,1H3/b28-20+. The Morgan fingerprint density at radius 2 is 1.36 bits per heavy atom. The predicted octanol–water partition coefficient (Wildman–Crippen LogP) is 5.25. The lowest BCUT2D eigenvalue weighted by Crippen LogP contribution is -2.53. The zero-order chi connectivity index (χ0) is 27.1. The van der Waals surface area contributed by atoms with E-state index in [9.17, 15) is 9.90 Å². The van der Waals surface area contributed by atoms with Gasteiger partial charge >= 0.3 is 5.97 Å². The zero-order valence-corrected chi connectivity index (χ0v) is 22.9. The Labute approximate surface area is 232 Å². The molecular formula is C34H40N2O3. The highest BCUT2D eigenvalue weighted by atomic mass is 16.5. The Morgan fingerprint density at radius 3 is 1.85 bits per heavy atom. The van der Waals surface area contributed by atoms with Crippen LogP contribution in [0.3, 0.4) is 0 Å². The maximum Gasteiger partial charge on any atom is 0.309 e. The van der Waals surface area contributed by atoms with Crippen LogP contribution in [0, 0.1) is 5.92 Å². The lowest BCUT2D eigenvalue weighted by molar-refractivity contribution is -0.149. The van der Waals surface area contributed by atoms with Gasteiger partial charge in [0.15, 0.2) is 0 Å². The van der Waals surface area contributed by atoms with Gasteiger partial charge in [0.05, 0.1) is 24.2 Å². The third-order valence-electron chi connectivity index (χ3n) is 8.34. The summed E-state index contributed by atoms with van der Waals surface area (Å²) in [5.74, 6) is -0.0548. The van der Waals surface area contributed by atoms with E-state index >= 15 is 0 Å². The first-order chi connectivity index (χ1) is 19.1. The number of aliphatic hydroxyl groups is 1. The first kappa shape index (κ1) is 27.3. The highest BCUT2D eigenvalue weighted by molar-refractivity contribution is 5.72. The summed E-state index contributed by atoms with van der Waals surface area (Å²) in [6, 6.07) is 32.3. The van der Waals surface area contributed by atoms with Crippen LogP contribution in [-0.4, -0.2) is 66.3 Å². The minimum absolute atomic E-state index is 0.00727. The van der Waals surface area contributed by atoms with Crippen LogP contribution in [0.1, 0.15) is 42.9 Å². The molecule has 1 N–H and O–H groups in total. The number of rotatable bonds is 8. The average molecular weight is 525 g/mol. The molecule has 2 fully saturated rings. The van der Waals surface area contributed by atoms with Gasteiger partial charge in [-0.15, -0.1) is 0 Å². The van der Waals surface area contributed by atoms with Crippen molar-refractivity contribution in [3.05, 3.63) is 119 Å². The number of hydrogen-bond acceptors (Lipinski definition) is 5. The van der Waals surface area contributed by atoms with Crippen molar-refractivity contribution in [2.45, 2.75) is 37.8 Å². The topological polar surface area (TPSA) is 53.0 Å². The van der Waals surface area contributed by atoms with Crippen LogP contribution >= 0.6 is 0 Å². The van der Waals surface area contributed by atoms with E-state index in [4.69, 9.17) is 4.74 Å². The fraction of sp³-hybridized carbons (Fsp3) is 0.382. The van der Waals surface area contributed by atoms with Gasteiger partial charge in [-0.3, -0.25) is 14.6 Å². The molecule has 2 aliphatic rings. The van der Waals surface area contributed by atoms with E-state index < -0.39 is 11.6 Å². The summed E-state index contributed by atoms with van der Waals surface area (Å²) in [5, 5.41) is 11.1. The number of esters is 1. The van der Waals surface area contributed by atoms with Crippen molar-refractivity contribution >= 4 is 5.97 Å². The average Bonchev–Trinajstić information content (AvgIpc) is 3.00. The largest absolute Gasteiger partial charge is 0.466 e. The molecule has 3 aromatic rings. The highest BCUT2D eigenvalue weighted by Gasteiger charge is 2.44. The highest BCUT2D eigenvalue weighted by Crippen LogP contribution is 2.44. The van der Waals surface area contributed by atoms with Crippen LogP contribution < -0.4 is 0 Å². The molecule has 2 aliphatic heterocycles. The van der Waals surface area contributed by atoms with Crippen molar-refractivity contribution in [2.75, 3.05) is 39.3 Å². The third kappa shape index (κ3) is 5.86. The summed E-state index contributed by atoms with van der Waals surface area (Å²) in [5.41, 5.74) is 4.25. The summed E-state index contributed by atoms with van der Waals surface area (Å²) in [6.45, 7) is 6.28. The van der Waals surface area contributed by atoms with E-state index in [1.165, 1.54) is 16.7 Å². The number of ether oxygens (including phenoxy) is 1. The zero-order valence-electron chi connectivity index (χ0n) is 22.9. The second-order valence-corrected chi connectivity index (χ2v) is 10.6. The predicted molar refractivity (Wildman–Crippen MR) is 155 cm³/mol. The molecule has 3 aromatic carbocycles. The van der Waals surface area contributed by atoms with E-state index in [0.29, 0.717) is 19.6 Å². The number of hydrogen-bond donors (Lipinski definition) is 1. The van der Waals surface area contributed by atoms with Gasteiger partial charge in [-0.25, -0.2) is 0 Å². The molecule has 1 atom stereocenters. The van der Waals surface area contributed by atoms with Crippen molar-refractivity contribution in [1.29, 1.82) is 0 Å². The Bertz CT molecular complexity index is 1120. The number of nitrogens with zero attached hydrogens (tertiary/aromatic N) is 2. The molecule has 5 heteroatoms. The molecule has 5 nitrogen and oxygen atoms in total. The van der Waals surface area contributed by atoms with Gasteiger partial charge < -0.3 is 9.84 Å². The number of aliphatic hydroxyl groups excluding tert-OH is 1. The van der Waals surface area contributed by atoms with Gasteiger partial charge in [0.1, 0.15) is 0 Å². The Hall–Kier alpha value is -3.25. The van der Waals surface area contributed by atoms with E-state index in [1.54, 1.807) is 0 Å². The van der Waals surface area contributed by atoms with Crippen LogP contribution in [-0.2, 0) is 15.1 Å². The Morgan fingerprint density at radius 1 is 0.846 bits per heavy atom. The molecule has 0 bridgehead atoms. The van der Waals surface area contributed by atoms with E-state index in [0.717, 1.165) is 44.6 Å². The first-order valence-corrected chi connectivity index (χ1v) is 14.3. The lowest BCUT2D eigenvalue weighted by Gasteiger charge is -2.48. The number of piperidine rings is 2. The summed E-state index contributed by atoms with van der Waals surface area (Å²) in [4.78, 5) is 17.1. The van der Waals surface area contributed by atoms with Gasteiger partial charge in [0, 0.05) is 19.6 Å². The molecule has 0 radical (unpaired) electrons. The Kier molecular flexibility index (Phi) is 8.92. The van der Waals surface area contributed by atoms with E-state index in [1.807, 2.05) is 6.92 Å². The van der Waals surface area contributed by atoms with Crippen LogP contribution in [0.15, 0.2) is 103 Å².